The Labute approximate surface area is 91.8 Å². The second kappa shape index (κ2) is 3.80. The van der Waals surface area contributed by atoms with Crippen LogP contribution in [0.5, 0.6) is 0 Å². The van der Waals surface area contributed by atoms with Crippen molar-refractivity contribution in [2.24, 2.45) is 0 Å². The van der Waals surface area contributed by atoms with Crippen molar-refractivity contribution in [3.05, 3.63) is 17.6 Å². The molecule has 0 aliphatic heterocycles. The molecule has 0 saturated carbocycles. The summed E-state index contributed by atoms with van der Waals surface area (Å²) in [5.74, 6) is -0.342. The fourth-order valence-electron chi connectivity index (χ4n) is 1.34. The van der Waals surface area contributed by atoms with Crippen LogP contribution in [0.2, 0.25) is 0 Å². The molecule has 0 amide bonds. The number of nitrogens with two attached hydrogens (primary N) is 1. The number of aromatic nitrogens is 3. The number of aromatic amines is 1. The molecule has 0 radical (unpaired) electrons. The van der Waals surface area contributed by atoms with E-state index in [1.807, 2.05) is 0 Å². The monoisotopic (exact) mass is 220 g/mol. The number of rotatable bonds is 2. The molecule has 16 heavy (non-hydrogen) atoms. The van der Waals surface area contributed by atoms with E-state index in [-0.39, 0.29) is 5.82 Å². The molecule has 2 heterocycles. The van der Waals surface area contributed by atoms with Crippen LogP contribution in [-0.2, 0) is 4.74 Å². The van der Waals surface area contributed by atoms with Gasteiger partial charge in [0.1, 0.15) is 0 Å². The quantitative estimate of drug-likeness (QED) is 0.737. The summed E-state index contributed by atoms with van der Waals surface area (Å²) >= 11 is 0. The van der Waals surface area contributed by atoms with Crippen molar-refractivity contribution in [2.75, 3.05) is 12.3 Å². The van der Waals surface area contributed by atoms with Gasteiger partial charge in [0.15, 0.2) is 5.65 Å². The zero-order valence-electron chi connectivity index (χ0n) is 9.07. The van der Waals surface area contributed by atoms with Crippen molar-refractivity contribution in [1.82, 2.24) is 15.0 Å². The van der Waals surface area contributed by atoms with E-state index >= 15 is 0 Å². The van der Waals surface area contributed by atoms with Crippen molar-refractivity contribution >= 4 is 22.8 Å². The maximum atomic E-state index is 11.4. The van der Waals surface area contributed by atoms with Gasteiger partial charge in [-0.1, -0.05) is 0 Å². The molecule has 0 fully saturated rings. The first-order valence-electron chi connectivity index (χ1n) is 4.91. The van der Waals surface area contributed by atoms with Gasteiger partial charge < -0.3 is 15.5 Å². The topological polar surface area (TPSA) is 93.9 Å². The molecule has 3 N–H and O–H groups in total. The summed E-state index contributed by atoms with van der Waals surface area (Å²) < 4.78 is 4.83. The number of anilines is 1. The average Bonchev–Trinajstić information content (AvgIpc) is 2.62. The minimum atomic E-state index is -0.489. The molecule has 2 aromatic heterocycles. The van der Waals surface area contributed by atoms with Crippen LogP contribution in [-0.4, -0.2) is 27.5 Å². The second-order valence-electron chi connectivity index (χ2n) is 3.34. The molecule has 84 valence electrons. The number of esters is 1. The number of fused-ring (bicyclic) bond motifs is 1. The largest absolute Gasteiger partial charge is 0.460 e. The number of aryl methyl sites for hydroxylation is 1. The number of hydrogen-bond acceptors (Lipinski definition) is 5. The van der Waals surface area contributed by atoms with Crippen molar-refractivity contribution in [2.45, 2.75) is 13.8 Å². The Kier molecular flexibility index (Phi) is 2.47. The molecular formula is C10H12N4O2. The zero-order valence-corrected chi connectivity index (χ0v) is 9.07. The van der Waals surface area contributed by atoms with E-state index in [4.69, 9.17) is 10.5 Å². The molecular weight excluding hydrogens is 208 g/mol. The maximum absolute atomic E-state index is 11.4. The summed E-state index contributed by atoms with van der Waals surface area (Å²) in [6, 6.07) is 1.70. The lowest BCUT2D eigenvalue weighted by Crippen LogP contribution is -2.06. The zero-order chi connectivity index (χ0) is 11.7. The van der Waals surface area contributed by atoms with Crippen LogP contribution in [0.15, 0.2) is 6.07 Å². The highest BCUT2D eigenvalue weighted by molar-refractivity contribution is 5.89. The van der Waals surface area contributed by atoms with Crippen LogP contribution in [0.1, 0.15) is 23.2 Å². The predicted molar refractivity (Wildman–Crippen MR) is 59.0 cm³/mol. The number of H-pyrrole nitrogens is 1. The van der Waals surface area contributed by atoms with Gasteiger partial charge in [0.2, 0.25) is 5.82 Å². The van der Waals surface area contributed by atoms with Gasteiger partial charge >= 0.3 is 5.97 Å². The minimum absolute atomic E-state index is 0.148. The van der Waals surface area contributed by atoms with Crippen molar-refractivity contribution < 1.29 is 9.53 Å². The third-order valence-electron chi connectivity index (χ3n) is 2.17. The molecule has 0 aliphatic rings. The number of nitrogen functional groups attached to an aromatic ring is 1. The first-order valence-corrected chi connectivity index (χ1v) is 4.91. The molecule has 0 saturated heterocycles. The van der Waals surface area contributed by atoms with E-state index in [1.54, 1.807) is 19.9 Å². The summed E-state index contributed by atoms with van der Waals surface area (Å²) in [5.41, 5.74) is 8.05. The molecule has 0 unspecified atom stereocenters. The number of nitrogens with one attached hydrogen (secondary N) is 1. The average molecular weight is 220 g/mol. The summed E-state index contributed by atoms with van der Waals surface area (Å²) in [4.78, 5) is 22.4. The third-order valence-corrected chi connectivity index (χ3v) is 2.17. The molecule has 6 nitrogen and oxygen atoms in total. The first-order chi connectivity index (χ1) is 7.61. The smallest absolute Gasteiger partial charge is 0.374 e. The highest BCUT2D eigenvalue weighted by atomic mass is 16.5. The van der Waals surface area contributed by atoms with Gasteiger partial charge in [-0.15, -0.1) is 0 Å². The van der Waals surface area contributed by atoms with E-state index in [0.29, 0.717) is 29.2 Å². The molecule has 6 heteroatoms. The molecule has 2 aromatic rings. The van der Waals surface area contributed by atoms with E-state index in [9.17, 15) is 4.79 Å². The Morgan fingerprint density at radius 1 is 1.56 bits per heavy atom. The van der Waals surface area contributed by atoms with Crippen molar-refractivity contribution in [1.29, 1.82) is 0 Å². The normalized spacial score (nSPS) is 10.6. The molecule has 0 atom stereocenters. The molecule has 0 spiro atoms. The first kappa shape index (κ1) is 10.4. The lowest BCUT2D eigenvalue weighted by Gasteiger charge is -1.96. The van der Waals surface area contributed by atoms with Gasteiger partial charge in [0.05, 0.1) is 23.5 Å². The summed E-state index contributed by atoms with van der Waals surface area (Å²) in [6.45, 7) is 3.83. The second-order valence-corrected chi connectivity index (χ2v) is 3.34. The standard InChI is InChI=1S/C10H12N4O2/c1-3-16-10(15)9-13-7-4-6(11)5(2)12-8(7)14-9/h4H,3,11H2,1-2H3,(H,12,13,14). The van der Waals surface area contributed by atoms with Crippen LogP contribution in [0.25, 0.3) is 11.2 Å². The fraction of sp³-hybridized carbons (Fsp3) is 0.300. The molecule has 2 rings (SSSR count). The number of carbonyl (C=O) groups excluding carboxylic acids is 1. The van der Waals surface area contributed by atoms with Crippen LogP contribution < -0.4 is 5.73 Å². The summed E-state index contributed by atoms with van der Waals surface area (Å²) in [6.07, 6.45) is 0. The SMILES string of the molecule is CCOC(=O)c1nc2nc(C)c(N)cc2[nH]1. The van der Waals surface area contributed by atoms with Crippen LogP contribution in [0.3, 0.4) is 0 Å². The van der Waals surface area contributed by atoms with E-state index in [2.05, 4.69) is 15.0 Å². The lowest BCUT2D eigenvalue weighted by molar-refractivity contribution is 0.0513. The number of imidazole rings is 1. The van der Waals surface area contributed by atoms with Crippen LogP contribution >= 0.6 is 0 Å². The lowest BCUT2D eigenvalue weighted by atomic mass is 10.3. The van der Waals surface area contributed by atoms with Gasteiger partial charge in [-0.2, -0.15) is 0 Å². The number of pyridine rings is 1. The number of hydrogen-bond donors (Lipinski definition) is 2. The number of ether oxygens (including phenoxy) is 1. The third kappa shape index (κ3) is 1.69. The van der Waals surface area contributed by atoms with Crippen LogP contribution in [0, 0.1) is 6.92 Å². The summed E-state index contributed by atoms with van der Waals surface area (Å²) in [5, 5.41) is 0. The number of carbonyl (C=O) groups is 1. The highest BCUT2D eigenvalue weighted by Gasteiger charge is 2.13. The van der Waals surface area contributed by atoms with Crippen molar-refractivity contribution in [3.8, 4) is 0 Å². The number of nitrogens with zero attached hydrogens (tertiary/aromatic N) is 2. The van der Waals surface area contributed by atoms with Gasteiger partial charge in [0, 0.05) is 0 Å². The Morgan fingerprint density at radius 3 is 3.00 bits per heavy atom. The molecule has 0 aliphatic carbocycles. The Bertz CT molecular complexity index is 508. The summed E-state index contributed by atoms with van der Waals surface area (Å²) in [7, 11) is 0. The Balaban J connectivity index is 2.48. The van der Waals surface area contributed by atoms with E-state index in [0.717, 1.165) is 0 Å². The van der Waals surface area contributed by atoms with Gasteiger partial charge in [-0.3, -0.25) is 0 Å². The Morgan fingerprint density at radius 2 is 2.31 bits per heavy atom. The maximum Gasteiger partial charge on any atom is 0.374 e. The molecule has 0 aromatic carbocycles. The Hall–Kier alpha value is -2.11. The fourth-order valence-corrected chi connectivity index (χ4v) is 1.34. The van der Waals surface area contributed by atoms with Gasteiger partial charge in [0.25, 0.3) is 0 Å². The van der Waals surface area contributed by atoms with Gasteiger partial charge in [-0.05, 0) is 19.9 Å². The van der Waals surface area contributed by atoms with Gasteiger partial charge in [-0.25, -0.2) is 14.8 Å². The highest BCUT2D eigenvalue weighted by Crippen LogP contribution is 2.16. The minimum Gasteiger partial charge on any atom is -0.460 e. The van der Waals surface area contributed by atoms with E-state index in [1.165, 1.54) is 0 Å². The molecule has 0 bridgehead atoms. The predicted octanol–water partition coefficient (Wildman–Crippen LogP) is 1.03. The van der Waals surface area contributed by atoms with Crippen molar-refractivity contribution in [3.63, 3.8) is 0 Å². The van der Waals surface area contributed by atoms with Crippen LogP contribution in [0.4, 0.5) is 5.69 Å². The van der Waals surface area contributed by atoms with E-state index < -0.39 is 5.97 Å².